The van der Waals surface area contributed by atoms with E-state index in [2.05, 4.69) is 0 Å². The van der Waals surface area contributed by atoms with Crippen LogP contribution in [0.15, 0.2) is 23.1 Å². The van der Waals surface area contributed by atoms with Crippen LogP contribution in [0, 0.1) is 0 Å². The quantitative estimate of drug-likeness (QED) is 0.578. The number of sulfonamides is 2. The van der Waals surface area contributed by atoms with E-state index < -0.39 is 20.0 Å². The average molecular weight is 462 g/mol. The highest BCUT2D eigenvalue weighted by atomic mass is 32.2. The van der Waals surface area contributed by atoms with Crippen LogP contribution in [0.2, 0.25) is 0 Å². The van der Waals surface area contributed by atoms with E-state index in [-0.39, 0.29) is 67.1 Å². The van der Waals surface area contributed by atoms with Gasteiger partial charge < -0.3 is 14.4 Å². The first kappa shape index (κ1) is 22.9. The second-order valence-corrected chi connectivity index (χ2v) is 11.1. The summed E-state index contributed by atoms with van der Waals surface area (Å²) in [4.78, 5) is 14.4. The molecule has 168 valence electrons. The molecule has 0 aliphatic carbocycles. The molecule has 2 saturated heterocycles. The number of methoxy groups -OCH3 is 1. The van der Waals surface area contributed by atoms with Crippen molar-refractivity contribution < 1.29 is 31.1 Å². The maximum Gasteiger partial charge on any atom is 0.253 e. The van der Waals surface area contributed by atoms with Gasteiger partial charge >= 0.3 is 0 Å². The monoisotopic (exact) mass is 461 g/mol. The standard InChI is InChI=1S/C18H27N3O7S2/c1-3-29(23,24)20-8-6-19(7-9-20)18(22)15-4-5-16(27-2)17(14-15)30(25,26)21-10-12-28-13-11-21/h4-5,14H,3,6-13H2,1-2H3. The zero-order valence-corrected chi connectivity index (χ0v) is 18.7. The Kier molecular flexibility index (Phi) is 7.02. The molecule has 1 amide bonds. The third-order valence-corrected chi connectivity index (χ3v) is 9.08. The lowest BCUT2D eigenvalue weighted by Crippen LogP contribution is -2.50. The molecule has 1 aromatic rings. The molecule has 0 N–H and O–H groups in total. The van der Waals surface area contributed by atoms with Crippen LogP contribution >= 0.6 is 0 Å². The zero-order chi connectivity index (χ0) is 21.9. The lowest BCUT2D eigenvalue weighted by Gasteiger charge is -2.34. The number of carbonyl (C=O) groups excluding carboxylic acids is 1. The first-order valence-electron chi connectivity index (χ1n) is 9.73. The van der Waals surface area contributed by atoms with Gasteiger partial charge in [0, 0.05) is 44.8 Å². The first-order chi connectivity index (χ1) is 14.2. The highest BCUT2D eigenvalue weighted by Gasteiger charge is 2.32. The number of benzene rings is 1. The van der Waals surface area contributed by atoms with Crippen molar-refractivity contribution in [2.75, 3.05) is 65.3 Å². The number of rotatable bonds is 6. The number of morpholine rings is 1. The summed E-state index contributed by atoms with van der Waals surface area (Å²) in [5.74, 6) is -0.163. The fourth-order valence-electron chi connectivity index (χ4n) is 3.47. The summed E-state index contributed by atoms with van der Waals surface area (Å²) < 4.78 is 63.3. The van der Waals surface area contributed by atoms with Crippen LogP contribution in [-0.2, 0) is 24.8 Å². The Morgan fingerprint density at radius 2 is 1.63 bits per heavy atom. The molecule has 2 fully saturated rings. The van der Waals surface area contributed by atoms with Gasteiger partial charge in [-0.2, -0.15) is 8.61 Å². The summed E-state index contributed by atoms with van der Waals surface area (Å²) in [6, 6.07) is 4.33. The van der Waals surface area contributed by atoms with E-state index in [1.807, 2.05) is 0 Å². The molecule has 1 aromatic carbocycles. The van der Waals surface area contributed by atoms with Crippen molar-refractivity contribution in [1.82, 2.24) is 13.5 Å². The lowest BCUT2D eigenvalue weighted by atomic mass is 10.1. The van der Waals surface area contributed by atoms with Crippen LogP contribution in [-0.4, -0.2) is 102 Å². The van der Waals surface area contributed by atoms with Crippen LogP contribution in [0.4, 0.5) is 0 Å². The molecule has 0 radical (unpaired) electrons. The second-order valence-electron chi connectivity index (χ2n) is 6.97. The Bertz CT molecular complexity index is 981. The van der Waals surface area contributed by atoms with Crippen molar-refractivity contribution in [2.45, 2.75) is 11.8 Å². The van der Waals surface area contributed by atoms with Gasteiger partial charge in [0.05, 0.1) is 26.1 Å². The van der Waals surface area contributed by atoms with Crippen molar-refractivity contribution in [1.29, 1.82) is 0 Å². The van der Waals surface area contributed by atoms with E-state index in [4.69, 9.17) is 9.47 Å². The van der Waals surface area contributed by atoms with Gasteiger partial charge in [0.1, 0.15) is 10.6 Å². The van der Waals surface area contributed by atoms with E-state index in [1.165, 1.54) is 38.8 Å². The summed E-state index contributed by atoms with van der Waals surface area (Å²) >= 11 is 0. The number of hydrogen-bond acceptors (Lipinski definition) is 7. The minimum absolute atomic E-state index is 0.0161. The van der Waals surface area contributed by atoms with Crippen LogP contribution in [0.1, 0.15) is 17.3 Å². The van der Waals surface area contributed by atoms with E-state index in [0.717, 1.165) is 0 Å². The van der Waals surface area contributed by atoms with Gasteiger partial charge in [-0.25, -0.2) is 16.8 Å². The van der Waals surface area contributed by atoms with E-state index in [1.54, 1.807) is 6.92 Å². The average Bonchev–Trinajstić information content (AvgIpc) is 2.78. The molecule has 30 heavy (non-hydrogen) atoms. The molecule has 2 aliphatic heterocycles. The van der Waals surface area contributed by atoms with Gasteiger partial charge in [0.15, 0.2) is 0 Å². The largest absolute Gasteiger partial charge is 0.495 e. The number of ether oxygens (including phenoxy) is 2. The van der Waals surface area contributed by atoms with Crippen molar-refractivity contribution in [3.63, 3.8) is 0 Å². The van der Waals surface area contributed by atoms with Gasteiger partial charge in [-0.3, -0.25) is 4.79 Å². The molecule has 0 atom stereocenters. The van der Waals surface area contributed by atoms with Gasteiger partial charge in [-0.1, -0.05) is 0 Å². The van der Waals surface area contributed by atoms with E-state index >= 15 is 0 Å². The molecule has 12 heteroatoms. The van der Waals surface area contributed by atoms with Crippen molar-refractivity contribution in [2.24, 2.45) is 0 Å². The number of piperazine rings is 1. The van der Waals surface area contributed by atoms with Crippen LogP contribution in [0.3, 0.4) is 0 Å². The topological polar surface area (TPSA) is 114 Å². The molecular weight excluding hydrogens is 434 g/mol. The Labute approximate surface area is 177 Å². The smallest absolute Gasteiger partial charge is 0.253 e. The predicted octanol–water partition coefficient (Wildman–Crippen LogP) is -0.176. The molecule has 0 bridgehead atoms. The summed E-state index contributed by atoms with van der Waals surface area (Å²) in [7, 11) is -5.77. The Balaban J connectivity index is 1.82. The molecular formula is C18H27N3O7S2. The van der Waals surface area contributed by atoms with Crippen molar-refractivity contribution >= 4 is 26.0 Å². The Hall–Kier alpha value is -1.73. The molecule has 0 unspecified atom stereocenters. The summed E-state index contributed by atoms with van der Waals surface area (Å²) in [6.07, 6.45) is 0. The highest BCUT2D eigenvalue weighted by Crippen LogP contribution is 2.29. The number of hydrogen-bond donors (Lipinski definition) is 0. The number of nitrogens with zero attached hydrogens (tertiary/aromatic N) is 3. The third-order valence-electron chi connectivity index (χ3n) is 5.28. The van der Waals surface area contributed by atoms with E-state index in [0.29, 0.717) is 13.2 Å². The van der Waals surface area contributed by atoms with Gasteiger partial charge in [-0.05, 0) is 25.1 Å². The molecule has 2 aliphatic rings. The normalized spacial score (nSPS) is 19.6. The van der Waals surface area contributed by atoms with Crippen LogP contribution in [0.25, 0.3) is 0 Å². The molecule has 0 aromatic heterocycles. The molecule has 0 saturated carbocycles. The lowest BCUT2D eigenvalue weighted by molar-refractivity contribution is 0.0697. The maximum atomic E-state index is 13.1. The Morgan fingerprint density at radius 1 is 1.00 bits per heavy atom. The maximum absolute atomic E-state index is 13.1. The van der Waals surface area contributed by atoms with Gasteiger partial charge in [0.25, 0.3) is 5.91 Å². The minimum atomic E-state index is -3.85. The fourth-order valence-corrected chi connectivity index (χ4v) is 6.15. The second kappa shape index (κ2) is 9.18. The minimum Gasteiger partial charge on any atom is -0.495 e. The van der Waals surface area contributed by atoms with Crippen LogP contribution in [0.5, 0.6) is 5.75 Å². The van der Waals surface area contributed by atoms with Gasteiger partial charge in [-0.15, -0.1) is 0 Å². The summed E-state index contributed by atoms with van der Waals surface area (Å²) in [5.41, 5.74) is 0.217. The Morgan fingerprint density at radius 3 is 2.20 bits per heavy atom. The molecule has 10 nitrogen and oxygen atoms in total. The third kappa shape index (κ3) is 4.62. The van der Waals surface area contributed by atoms with Crippen LogP contribution < -0.4 is 4.74 Å². The number of amides is 1. The first-order valence-corrected chi connectivity index (χ1v) is 12.8. The zero-order valence-electron chi connectivity index (χ0n) is 17.1. The highest BCUT2D eigenvalue weighted by molar-refractivity contribution is 7.89. The van der Waals surface area contributed by atoms with Gasteiger partial charge in [0.2, 0.25) is 20.0 Å². The van der Waals surface area contributed by atoms with Crippen molar-refractivity contribution in [3.8, 4) is 5.75 Å². The molecule has 3 rings (SSSR count). The molecule has 0 spiro atoms. The number of carbonyl (C=O) groups is 1. The molecule has 2 heterocycles. The SMILES string of the molecule is CCS(=O)(=O)N1CCN(C(=O)c2ccc(OC)c(S(=O)(=O)N3CCOCC3)c2)CC1. The van der Waals surface area contributed by atoms with E-state index in [9.17, 15) is 21.6 Å². The predicted molar refractivity (Wildman–Crippen MR) is 110 cm³/mol. The summed E-state index contributed by atoms with van der Waals surface area (Å²) in [5, 5.41) is 0. The van der Waals surface area contributed by atoms with Crippen molar-refractivity contribution in [3.05, 3.63) is 23.8 Å². The fraction of sp³-hybridized carbons (Fsp3) is 0.611. The summed E-state index contributed by atoms with van der Waals surface area (Å²) in [6.45, 7) is 3.60.